The van der Waals surface area contributed by atoms with E-state index in [-0.39, 0.29) is 0 Å². The van der Waals surface area contributed by atoms with Gasteiger partial charge in [-0.1, -0.05) is 30.7 Å². The predicted octanol–water partition coefficient (Wildman–Crippen LogP) is 2.56. The summed E-state index contributed by atoms with van der Waals surface area (Å²) in [5, 5.41) is 0. The van der Waals surface area contributed by atoms with Crippen LogP contribution in [0.4, 0.5) is 0 Å². The van der Waals surface area contributed by atoms with Gasteiger partial charge in [-0.15, -0.1) is 0 Å². The molecule has 2 nitrogen and oxygen atoms in total. The first kappa shape index (κ1) is 17.4. The largest absolute Gasteiger partial charge is 0.309 e. The maximum absolute atomic E-state index is 3.69. The minimum atomic E-state index is -0.985. The highest BCUT2D eigenvalue weighted by atomic mass is 28.3. The zero-order chi connectivity index (χ0) is 13.3. The fourth-order valence-electron chi connectivity index (χ4n) is 2.32. The average Bonchev–Trinajstić information content (AvgIpc) is 2.16. The van der Waals surface area contributed by atoms with E-state index in [1.54, 1.807) is 0 Å². The van der Waals surface area contributed by atoms with Crippen LogP contribution in [0.2, 0.25) is 30.7 Å². The molecule has 0 spiro atoms. The van der Waals surface area contributed by atoms with Crippen molar-refractivity contribution < 1.29 is 0 Å². The van der Waals surface area contributed by atoms with E-state index >= 15 is 0 Å². The van der Waals surface area contributed by atoms with Crippen molar-refractivity contribution in [3.05, 3.63) is 0 Å². The van der Waals surface area contributed by atoms with E-state index in [4.69, 9.17) is 0 Å². The third-order valence-electron chi connectivity index (χ3n) is 3.50. The number of rotatable bonds is 10. The smallest absolute Gasteiger partial charge is 0.0502 e. The van der Waals surface area contributed by atoms with E-state index in [1.807, 2.05) is 0 Å². The molecule has 4 heteroatoms. The molecule has 3 radical (unpaired) electrons. The first-order chi connectivity index (χ1) is 7.89. The summed E-state index contributed by atoms with van der Waals surface area (Å²) in [6, 6.07) is 5.60. The highest BCUT2D eigenvalue weighted by Gasteiger charge is 2.24. The minimum Gasteiger partial charge on any atom is -0.309 e. The molecule has 0 aromatic carbocycles. The van der Waals surface area contributed by atoms with Gasteiger partial charge in [0.15, 0.2) is 0 Å². The van der Waals surface area contributed by atoms with Gasteiger partial charge in [-0.3, -0.25) is 0 Å². The Hall–Kier alpha value is 0.354. The van der Waals surface area contributed by atoms with E-state index in [2.05, 4.69) is 54.8 Å². The molecular weight excluding hydrogens is 240 g/mol. The SMILES string of the molecule is CN(C)CCC[Si](C)(CC[Si])CCCN(C)C. The standard InChI is InChI=1S/C13H31N2Si2/c1-14(2)8-6-11-17(5,13-10-16)12-7-9-15(3)4/h6-13H2,1-5H3. The van der Waals surface area contributed by atoms with Crippen LogP contribution in [0.25, 0.3) is 0 Å². The lowest BCUT2D eigenvalue weighted by Crippen LogP contribution is -2.32. The summed E-state index contributed by atoms with van der Waals surface area (Å²) in [5.74, 6) is 0. The van der Waals surface area contributed by atoms with E-state index in [0.29, 0.717) is 0 Å². The summed E-state index contributed by atoms with van der Waals surface area (Å²) in [6.07, 6.45) is 2.76. The highest BCUT2D eigenvalue weighted by molar-refractivity contribution is 6.79. The second-order valence-electron chi connectivity index (χ2n) is 6.12. The molecule has 0 fully saturated rings. The molecular formula is C13H31N2Si2. The van der Waals surface area contributed by atoms with E-state index < -0.39 is 8.07 Å². The normalized spacial score (nSPS) is 12.7. The van der Waals surface area contributed by atoms with Crippen LogP contribution >= 0.6 is 0 Å². The zero-order valence-corrected chi connectivity index (χ0v) is 14.6. The van der Waals surface area contributed by atoms with Crippen molar-refractivity contribution in [2.45, 2.75) is 43.6 Å². The number of hydrogen-bond donors (Lipinski definition) is 0. The minimum absolute atomic E-state index is 0.985. The van der Waals surface area contributed by atoms with Crippen LogP contribution in [-0.2, 0) is 0 Å². The molecule has 0 atom stereocenters. The van der Waals surface area contributed by atoms with Crippen LogP contribution in [-0.4, -0.2) is 69.4 Å². The van der Waals surface area contributed by atoms with Crippen molar-refractivity contribution in [3.63, 3.8) is 0 Å². The van der Waals surface area contributed by atoms with Gasteiger partial charge in [0.1, 0.15) is 0 Å². The molecule has 0 saturated heterocycles. The van der Waals surface area contributed by atoms with Gasteiger partial charge in [-0.05, 0) is 54.1 Å². The van der Waals surface area contributed by atoms with Crippen molar-refractivity contribution in [2.24, 2.45) is 0 Å². The third-order valence-corrected chi connectivity index (χ3v) is 8.83. The van der Waals surface area contributed by atoms with Gasteiger partial charge in [0, 0.05) is 10.2 Å². The monoisotopic (exact) mass is 271 g/mol. The first-order valence-electron chi connectivity index (χ1n) is 6.84. The summed E-state index contributed by atoms with van der Waals surface area (Å²) in [4.78, 5) is 4.62. The maximum Gasteiger partial charge on any atom is 0.0502 e. The topological polar surface area (TPSA) is 6.48 Å². The Bertz CT molecular complexity index is 170. The fraction of sp³-hybridized carbons (Fsp3) is 1.00. The Labute approximate surface area is 113 Å². The predicted molar refractivity (Wildman–Crippen MR) is 82.9 cm³/mol. The lowest BCUT2D eigenvalue weighted by molar-refractivity contribution is 0.403. The maximum atomic E-state index is 3.69. The van der Waals surface area contributed by atoms with Crippen LogP contribution in [0.15, 0.2) is 0 Å². The molecule has 0 amide bonds. The Balaban J connectivity index is 3.97. The van der Waals surface area contributed by atoms with E-state index in [9.17, 15) is 0 Å². The van der Waals surface area contributed by atoms with Crippen LogP contribution in [0.1, 0.15) is 12.8 Å². The van der Waals surface area contributed by atoms with Gasteiger partial charge in [0.2, 0.25) is 0 Å². The number of nitrogens with zero attached hydrogens (tertiary/aromatic N) is 2. The van der Waals surface area contributed by atoms with Crippen molar-refractivity contribution in [3.8, 4) is 0 Å². The van der Waals surface area contributed by atoms with Crippen LogP contribution in [0, 0.1) is 0 Å². The Kier molecular flexibility index (Phi) is 9.50. The van der Waals surface area contributed by atoms with Crippen molar-refractivity contribution in [1.82, 2.24) is 9.80 Å². The molecule has 0 saturated carbocycles. The fourth-order valence-corrected chi connectivity index (χ4v) is 7.51. The average molecular weight is 272 g/mol. The summed E-state index contributed by atoms with van der Waals surface area (Å²) >= 11 is 0. The summed E-state index contributed by atoms with van der Waals surface area (Å²) in [6.45, 7) is 5.09. The second kappa shape index (κ2) is 9.31. The van der Waals surface area contributed by atoms with Gasteiger partial charge in [-0.2, -0.15) is 0 Å². The van der Waals surface area contributed by atoms with Gasteiger partial charge >= 0.3 is 0 Å². The molecule has 0 N–H and O–H groups in total. The lowest BCUT2D eigenvalue weighted by atomic mass is 10.4. The Morgan fingerprint density at radius 3 is 1.53 bits per heavy atom. The molecule has 0 aromatic heterocycles. The molecule has 0 aromatic rings. The van der Waals surface area contributed by atoms with Gasteiger partial charge in [-0.25, -0.2) is 0 Å². The summed E-state index contributed by atoms with van der Waals surface area (Å²) < 4.78 is 0. The van der Waals surface area contributed by atoms with Gasteiger partial charge in [0.25, 0.3) is 0 Å². The molecule has 0 rings (SSSR count). The van der Waals surface area contributed by atoms with Gasteiger partial charge in [0.05, 0.1) is 8.07 Å². The molecule has 0 bridgehead atoms. The van der Waals surface area contributed by atoms with Crippen LogP contribution in [0.5, 0.6) is 0 Å². The lowest BCUT2D eigenvalue weighted by Gasteiger charge is -2.28. The summed E-state index contributed by atoms with van der Waals surface area (Å²) in [7, 11) is 11.4. The van der Waals surface area contributed by atoms with Crippen LogP contribution < -0.4 is 0 Å². The molecule has 0 unspecified atom stereocenters. The zero-order valence-electron chi connectivity index (χ0n) is 12.6. The molecule has 17 heavy (non-hydrogen) atoms. The molecule has 0 aliphatic carbocycles. The van der Waals surface area contributed by atoms with Crippen molar-refractivity contribution >= 4 is 18.3 Å². The van der Waals surface area contributed by atoms with E-state index in [1.165, 1.54) is 50.1 Å². The quantitative estimate of drug-likeness (QED) is 0.564. The highest BCUT2D eigenvalue weighted by Crippen LogP contribution is 2.25. The first-order valence-corrected chi connectivity index (χ1v) is 10.7. The summed E-state index contributed by atoms with van der Waals surface area (Å²) in [5.41, 5.74) is 0. The van der Waals surface area contributed by atoms with Crippen molar-refractivity contribution in [1.29, 1.82) is 0 Å². The molecule has 0 aliphatic heterocycles. The van der Waals surface area contributed by atoms with E-state index in [0.717, 1.165) is 0 Å². The molecule has 0 heterocycles. The second-order valence-corrected chi connectivity index (χ2v) is 11.7. The Morgan fingerprint density at radius 1 is 0.824 bits per heavy atom. The van der Waals surface area contributed by atoms with Gasteiger partial charge < -0.3 is 9.80 Å². The van der Waals surface area contributed by atoms with Crippen molar-refractivity contribution in [2.75, 3.05) is 41.3 Å². The number of hydrogen-bond acceptors (Lipinski definition) is 2. The molecule has 101 valence electrons. The third kappa shape index (κ3) is 10.0. The van der Waals surface area contributed by atoms with Crippen LogP contribution in [0.3, 0.4) is 0 Å². The molecule has 0 aliphatic rings. The Morgan fingerprint density at radius 2 is 1.24 bits per heavy atom.